The lowest BCUT2D eigenvalue weighted by atomic mass is 10.1. The van der Waals surface area contributed by atoms with E-state index in [2.05, 4.69) is 28.3 Å². The van der Waals surface area contributed by atoms with Crippen LogP contribution in [-0.4, -0.2) is 12.5 Å². The highest BCUT2D eigenvalue weighted by Crippen LogP contribution is 2.26. The second-order valence-electron chi connectivity index (χ2n) is 3.71. The Hall–Kier alpha value is -1.07. The third kappa shape index (κ3) is 4.75. The fourth-order valence-corrected chi connectivity index (χ4v) is 1.87. The molecule has 0 saturated carbocycles. The van der Waals surface area contributed by atoms with Crippen LogP contribution in [0, 0.1) is 0 Å². The fraction of sp³-hybridized carbons (Fsp3) is 0.417. The van der Waals surface area contributed by atoms with Crippen molar-refractivity contribution >= 4 is 21.8 Å². The molecule has 94 valence electrons. The molecule has 0 aliphatic carbocycles. The van der Waals surface area contributed by atoms with Crippen molar-refractivity contribution in [3.8, 4) is 5.75 Å². The smallest absolute Gasteiger partial charge is 0.238 e. The van der Waals surface area contributed by atoms with Gasteiger partial charge in [-0.25, -0.2) is 5.84 Å². The predicted octanol–water partition coefficient (Wildman–Crippen LogP) is 2.16. The van der Waals surface area contributed by atoms with E-state index < -0.39 is 0 Å². The number of hydrogen-bond donors (Lipinski definition) is 2. The summed E-state index contributed by atoms with van der Waals surface area (Å²) in [5, 5.41) is 0. The standard InChI is InChI=1S/C12H17BrN2O2/c1-2-3-6-17-11-5-4-9(7-10(11)13)8-12(16)15-14/h4-5,7H,2-3,6,8,14H2,1H3,(H,15,16). The van der Waals surface area contributed by atoms with Crippen LogP contribution in [0.5, 0.6) is 5.75 Å². The molecular weight excluding hydrogens is 284 g/mol. The molecule has 0 bridgehead atoms. The summed E-state index contributed by atoms with van der Waals surface area (Å²) in [6.07, 6.45) is 2.40. The number of carbonyl (C=O) groups is 1. The number of halogens is 1. The Morgan fingerprint density at radius 1 is 1.53 bits per heavy atom. The van der Waals surface area contributed by atoms with E-state index in [1.165, 1.54) is 0 Å². The molecule has 0 aromatic heterocycles. The van der Waals surface area contributed by atoms with Crippen molar-refractivity contribution in [2.24, 2.45) is 5.84 Å². The van der Waals surface area contributed by atoms with Gasteiger partial charge >= 0.3 is 0 Å². The van der Waals surface area contributed by atoms with Gasteiger partial charge in [0.15, 0.2) is 0 Å². The number of nitrogens with one attached hydrogen (secondary N) is 1. The zero-order valence-electron chi connectivity index (χ0n) is 9.83. The number of hydrogen-bond acceptors (Lipinski definition) is 3. The highest BCUT2D eigenvalue weighted by Gasteiger charge is 2.05. The van der Waals surface area contributed by atoms with Crippen LogP contribution in [0.15, 0.2) is 22.7 Å². The number of benzene rings is 1. The largest absolute Gasteiger partial charge is 0.492 e. The molecule has 0 aliphatic rings. The van der Waals surface area contributed by atoms with Gasteiger partial charge in [-0.05, 0) is 40.0 Å². The van der Waals surface area contributed by atoms with Crippen LogP contribution in [0.1, 0.15) is 25.3 Å². The van der Waals surface area contributed by atoms with Gasteiger partial charge in [-0.15, -0.1) is 0 Å². The van der Waals surface area contributed by atoms with Crippen molar-refractivity contribution in [2.45, 2.75) is 26.2 Å². The van der Waals surface area contributed by atoms with Crippen molar-refractivity contribution in [3.05, 3.63) is 28.2 Å². The molecule has 17 heavy (non-hydrogen) atoms. The zero-order chi connectivity index (χ0) is 12.7. The Balaban J connectivity index is 2.62. The summed E-state index contributed by atoms with van der Waals surface area (Å²) >= 11 is 3.42. The Labute approximate surface area is 110 Å². The molecule has 1 aromatic rings. The van der Waals surface area contributed by atoms with Crippen LogP contribution >= 0.6 is 15.9 Å². The molecule has 1 aromatic carbocycles. The van der Waals surface area contributed by atoms with Crippen LogP contribution in [-0.2, 0) is 11.2 Å². The van der Waals surface area contributed by atoms with Crippen LogP contribution in [0.3, 0.4) is 0 Å². The maximum Gasteiger partial charge on any atom is 0.238 e. The molecule has 0 fully saturated rings. The van der Waals surface area contributed by atoms with E-state index >= 15 is 0 Å². The SMILES string of the molecule is CCCCOc1ccc(CC(=O)NN)cc1Br. The third-order valence-electron chi connectivity index (χ3n) is 2.28. The average molecular weight is 301 g/mol. The molecule has 5 heteroatoms. The number of carbonyl (C=O) groups excluding carboxylic acids is 1. The molecule has 0 atom stereocenters. The van der Waals surface area contributed by atoms with Crippen molar-refractivity contribution in [3.63, 3.8) is 0 Å². The third-order valence-corrected chi connectivity index (χ3v) is 2.90. The van der Waals surface area contributed by atoms with Crippen molar-refractivity contribution in [1.29, 1.82) is 0 Å². The van der Waals surface area contributed by atoms with Gasteiger partial charge in [0, 0.05) is 0 Å². The van der Waals surface area contributed by atoms with Gasteiger partial charge in [0.25, 0.3) is 0 Å². The topological polar surface area (TPSA) is 64.3 Å². The van der Waals surface area contributed by atoms with E-state index in [0.717, 1.165) is 28.6 Å². The zero-order valence-corrected chi connectivity index (χ0v) is 11.4. The lowest BCUT2D eigenvalue weighted by Crippen LogP contribution is -2.31. The van der Waals surface area contributed by atoms with E-state index in [-0.39, 0.29) is 12.3 Å². The summed E-state index contributed by atoms with van der Waals surface area (Å²) in [4.78, 5) is 11.1. The normalized spacial score (nSPS) is 10.1. The van der Waals surface area contributed by atoms with Gasteiger partial charge in [-0.3, -0.25) is 10.2 Å². The fourth-order valence-electron chi connectivity index (χ4n) is 1.33. The van der Waals surface area contributed by atoms with Gasteiger partial charge in [0.1, 0.15) is 5.75 Å². The van der Waals surface area contributed by atoms with Crippen LogP contribution in [0.4, 0.5) is 0 Å². The summed E-state index contributed by atoms with van der Waals surface area (Å²) in [6, 6.07) is 5.59. The number of nitrogens with two attached hydrogens (primary N) is 1. The van der Waals surface area contributed by atoms with Crippen molar-refractivity contribution in [1.82, 2.24) is 5.43 Å². The molecule has 0 saturated heterocycles. The lowest BCUT2D eigenvalue weighted by Gasteiger charge is -2.09. The maximum atomic E-state index is 11.1. The maximum absolute atomic E-state index is 11.1. The first kappa shape index (κ1) is 14.0. The highest BCUT2D eigenvalue weighted by atomic mass is 79.9. The molecular formula is C12H17BrN2O2. The monoisotopic (exact) mass is 300 g/mol. The van der Waals surface area contributed by atoms with E-state index in [1.807, 2.05) is 18.2 Å². The van der Waals surface area contributed by atoms with Gasteiger partial charge in [-0.2, -0.15) is 0 Å². The molecule has 3 N–H and O–H groups in total. The Bertz CT molecular complexity index is 383. The number of amides is 1. The number of unbranched alkanes of at least 4 members (excludes halogenated alkanes) is 1. The number of hydrazine groups is 1. The minimum Gasteiger partial charge on any atom is -0.492 e. The molecule has 1 amide bonds. The summed E-state index contributed by atoms with van der Waals surface area (Å²) < 4.78 is 6.45. The van der Waals surface area contributed by atoms with Crippen LogP contribution in [0.25, 0.3) is 0 Å². The highest BCUT2D eigenvalue weighted by molar-refractivity contribution is 9.10. The van der Waals surface area contributed by atoms with Gasteiger partial charge in [-0.1, -0.05) is 19.4 Å². The van der Waals surface area contributed by atoms with Crippen LogP contribution < -0.4 is 16.0 Å². The summed E-state index contributed by atoms with van der Waals surface area (Å²) in [5.74, 6) is 5.62. The van der Waals surface area contributed by atoms with Gasteiger partial charge in [0.05, 0.1) is 17.5 Å². The average Bonchev–Trinajstić information content (AvgIpc) is 2.32. The Morgan fingerprint density at radius 2 is 2.29 bits per heavy atom. The molecule has 1 rings (SSSR count). The van der Waals surface area contributed by atoms with Gasteiger partial charge < -0.3 is 4.74 Å². The second-order valence-corrected chi connectivity index (χ2v) is 4.57. The molecule has 0 heterocycles. The number of rotatable bonds is 6. The van der Waals surface area contributed by atoms with Crippen molar-refractivity contribution < 1.29 is 9.53 Å². The lowest BCUT2D eigenvalue weighted by molar-refractivity contribution is -0.120. The first-order valence-corrected chi connectivity index (χ1v) is 6.37. The number of ether oxygens (including phenoxy) is 1. The van der Waals surface area contributed by atoms with Crippen LogP contribution in [0.2, 0.25) is 0 Å². The van der Waals surface area contributed by atoms with E-state index in [9.17, 15) is 4.79 Å². The first-order valence-electron chi connectivity index (χ1n) is 5.58. The Kier molecular flexibility index (Phi) is 6.00. The quantitative estimate of drug-likeness (QED) is 0.366. The predicted molar refractivity (Wildman–Crippen MR) is 70.6 cm³/mol. The molecule has 0 aliphatic heterocycles. The van der Waals surface area contributed by atoms with E-state index in [1.54, 1.807) is 0 Å². The van der Waals surface area contributed by atoms with E-state index in [4.69, 9.17) is 10.6 Å². The summed E-state index contributed by atoms with van der Waals surface area (Å²) in [6.45, 7) is 2.82. The van der Waals surface area contributed by atoms with Gasteiger partial charge in [0.2, 0.25) is 5.91 Å². The molecule has 0 unspecified atom stereocenters. The summed E-state index contributed by atoms with van der Waals surface area (Å²) in [7, 11) is 0. The first-order chi connectivity index (χ1) is 8.17. The summed E-state index contributed by atoms with van der Waals surface area (Å²) in [5.41, 5.74) is 3.00. The molecule has 0 radical (unpaired) electrons. The minimum atomic E-state index is -0.212. The minimum absolute atomic E-state index is 0.212. The molecule has 4 nitrogen and oxygen atoms in total. The molecule has 0 spiro atoms. The second kappa shape index (κ2) is 7.29. The Morgan fingerprint density at radius 3 is 2.88 bits per heavy atom. The van der Waals surface area contributed by atoms with E-state index in [0.29, 0.717) is 6.61 Å². The van der Waals surface area contributed by atoms with Crippen molar-refractivity contribution in [2.75, 3.05) is 6.61 Å².